The van der Waals surface area contributed by atoms with Gasteiger partial charge in [0.05, 0.1) is 0 Å². The second kappa shape index (κ2) is 6.69. The van der Waals surface area contributed by atoms with Gasteiger partial charge in [-0.15, -0.1) is 0 Å². The van der Waals surface area contributed by atoms with Crippen molar-refractivity contribution in [3.63, 3.8) is 0 Å². The fraction of sp³-hybridized carbons (Fsp3) is 0.938. The first-order valence-corrected chi connectivity index (χ1v) is 9.44. The number of hydrogen-bond donors (Lipinski definition) is 1. The summed E-state index contributed by atoms with van der Waals surface area (Å²) < 4.78 is 0. The van der Waals surface area contributed by atoms with Crippen LogP contribution in [0.2, 0.25) is 0 Å². The number of nitrogens with one attached hydrogen (secondary N) is 1. The lowest BCUT2D eigenvalue weighted by Gasteiger charge is -2.39. The Balaban J connectivity index is 1.51. The number of aliphatic imine (C=N–C) groups is 1. The molecule has 114 valence electrons. The molecule has 0 bridgehead atoms. The minimum Gasteiger partial charge on any atom is -0.361 e. The molecular weight excluding hydrogens is 266 g/mol. The highest BCUT2D eigenvalue weighted by Crippen LogP contribution is 2.41. The molecule has 1 spiro atoms. The molecule has 3 nitrogen and oxygen atoms in total. The quantitative estimate of drug-likeness (QED) is 0.848. The SMILES string of the molecule is CCN1CCCC(NC2=NCC3(CCCCC3)CS2)C1. The van der Waals surface area contributed by atoms with Crippen molar-refractivity contribution in [2.75, 3.05) is 31.9 Å². The summed E-state index contributed by atoms with van der Waals surface area (Å²) in [6.07, 6.45) is 9.73. The third-order valence-electron chi connectivity index (χ3n) is 5.27. The number of hydrogen-bond acceptors (Lipinski definition) is 4. The zero-order valence-electron chi connectivity index (χ0n) is 12.9. The van der Waals surface area contributed by atoms with Gasteiger partial charge in [-0.3, -0.25) is 4.99 Å². The molecule has 0 amide bonds. The second-order valence-electron chi connectivity index (χ2n) is 6.85. The van der Waals surface area contributed by atoms with Gasteiger partial charge in [-0.05, 0) is 44.2 Å². The summed E-state index contributed by atoms with van der Waals surface area (Å²) in [7, 11) is 0. The highest BCUT2D eigenvalue weighted by Gasteiger charge is 2.35. The molecule has 0 aromatic carbocycles. The molecule has 1 atom stereocenters. The molecule has 20 heavy (non-hydrogen) atoms. The average Bonchev–Trinajstić information content (AvgIpc) is 2.51. The Morgan fingerprint density at radius 2 is 2.15 bits per heavy atom. The average molecular weight is 295 g/mol. The van der Waals surface area contributed by atoms with Crippen molar-refractivity contribution in [3.8, 4) is 0 Å². The third-order valence-corrected chi connectivity index (χ3v) is 6.54. The summed E-state index contributed by atoms with van der Waals surface area (Å²) in [4.78, 5) is 7.45. The van der Waals surface area contributed by atoms with Crippen LogP contribution >= 0.6 is 11.8 Å². The number of rotatable bonds is 2. The summed E-state index contributed by atoms with van der Waals surface area (Å²) in [6, 6.07) is 0.621. The van der Waals surface area contributed by atoms with Crippen LogP contribution in [0.3, 0.4) is 0 Å². The predicted molar refractivity (Wildman–Crippen MR) is 88.5 cm³/mol. The van der Waals surface area contributed by atoms with E-state index in [1.807, 2.05) is 11.8 Å². The molecule has 2 heterocycles. The fourth-order valence-electron chi connectivity index (χ4n) is 3.88. The molecule has 2 fully saturated rings. The van der Waals surface area contributed by atoms with E-state index in [9.17, 15) is 0 Å². The zero-order valence-corrected chi connectivity index (χ0v) is 13.7. The number of thioether (sulfide) groups is 1. The van der Waals surface area contributed by atoms with Gasteiger partial charge in [0.15, 0.2) is 5.17 Å². The number of likely N-dealkylation sites (N-methyl/N-ethyl adjacent to an activating group) is 1. The number of nitrogens with zero attached hydrogens (tertiary/aromatic N) is 2. The van der Waals surface area contributed by atoms with E-state index in [0.717, 1.165) is 6.54 Å². The summed E-state index contributed by atoms with van der Waals surface area (Å²) in [6.45, 7) is 6.99. The minimum atomic E-state index is 0.552. The van der Waals surface area contributed by atoms with Crippen molar-refractivity contribution < 1.29 is 0 Å². The summed E-state index contributed by atoms with van der Waals surface area (Å²) >= 11 is 1.99. The van der Waals surface area contributed by atoms with E-state index in [-0.39, 0.29) is 0 Å². The second-order valence-corrected chi connectivity index (χ2v) is 7.81. The fourth-order valence-corrected chi connectivity index (χ4v) is 5.11. The van der Waals surface area contributed by atoms with Crippen molar-refractivity contribution in [2.24, 2.45) is 10.4 Å². The van der Waals surface area contributed by atoms with Crippen LogP contribution < -0.4 is 5.32 Å². The maximum atomic E-state index is 4.90. The van der Waals surface area contributed by atoms with E-state index in [0.29, 0.717) is 11.5 Å². The lowest BCUT2D eigenvalue weighted by Crippen LogP contribution is -2.48. The van der Waals surface area contributed by atoms with Gasteiger partial charge in [-0.25, -0.2) is 0 Å². The van der Waals surface area contributed by atoms with Gasteiger partial charge in [-0.2, -0.15) is 0 Å². The van der Waals surface area contributed by atoms with Crippen LogP contribution in [0.15, 0.2) is 4.99 Å². The summed E-state index contributed by atoms with van der Waals surface area (Å²) in [5, 5.41) is 4.94. The van der Waals surface area contributed by atoms with E-state index < -0.39 is 0 Å². The zero-order chi connectivity index (χ0) is 13.8. The van der Waals surface area contributed by atoms with E-state index in [2.05, 4.69) is 17.1 Å². The Hall–Kier alpha value is -0.220. The van der Waals surface area contributed by atoms with Gasteiger partial charge < -0.3 is 10.2 Å². The van der Waals surface area contributed by atoms with Crippen LogP contribution in [-0.4, -0.2) is 48.0 Å². The highest BCUT2D eigenvalue weighted by molar-refractivity contribution is 8.13. The molecule has 0 aromatic heterocycles. The monoisotopic (exact) mass is 295 g/mol. The number of piperidine rings is 1. The van der Waals surface area contributed by atoms with Crippen LogP contribution in [0.5, 0.6) is 0 Å². The molecule has 0 aromatic rings. The van der Waals surface area contributed by atoms with Gasteiger partial charge in [0.25, 0.3) is 0 Å². The van der Waals surface area contributed by atoms with Crippen molar-refractivity contribution in [3.05, 3.63) is 0 Å². The molecule has 1 aliphatic carbocycles. The molecular formula is C16H29N3S. The smallest absolute Gasteiger partial charge is 0.156 e. The van der Waals surface area contributed by atoms with E-state index in [4.69, 9.17) is 4.99 Å². The molecule has 3 aliphatic rings. The maximum absolute atomic E-state index is 4.90. The van der Waals surface area contributed by atoms with Crippen molar-refractivity contribution >= 4 is 16.9 Å². The Kier molecular flexibility index (Phi) is 4.92. The molecule has 3 rings (SSSR count). The van der Waals surface area contributed by atoms with Gasteiger partial charge in [0.2, 0.25) is 0 Å². The Bertz CT molecular complexity index is 350. The predicted octanol–water partition coefficient (Wildman–Crippen LogP) is 3.11. The normalized spacial score (nSPS) is 31.1. The molecule has 1 N–H and O–H groups in total. The first-order chi connectivity index (χ1) is 9.80. The molecule has 4 heteroatoms. The maximum Gasteiger partial charge on any atom is 0.156 e. The van der Waals surface area contributed by atoms with Gasteiger partial charge >= 0.3 is 0 Å². The van der Waals surface area contributed by atoms with E-state index >= 15 is 0 Å². The summed E-state index contributed by atoms with van der Waals surface area (Å²) in [5.41, 5.74) is 0.552. The van der Waals surface area contributed by atoms with Crippen molar-refractivity contribution in [1.29, 1.82) is 0 Å². The van der Waals surface area contributed by atoms with Crippen molar-refractivity contribution in [2.45, 2.75) is 57.9 Å². The van der Waals surface area contributed by atoms with Crippen LogP contribution in [0.25, 0.3) is 0 Å². The molecule has 0 radical (unpaired) electrons. The van der Waals surface area contributed by atoms with E-state index in [1.165, 1.54) is 75.5 Å². The third kappa shape index (κ3) is 3.51. The highest BCUT2D eigenvalue weighted by atomic mass is 32.2. The number of likely N-dealkylation sites (tertiary alicyclic amines) is 1. The van der Waals surface area contributed by atoms with Crippen LogP contribution in [0.4, 0.5) is 0 Å². The Morgan fingerprint density at radius 1 is 1.30 bits per heavy atom. The first-order valence-electron chi connectivity index (χ1n) is 8.46. The van der Waals surface area contributed by atoms with Gasteiger partial charge in [-0.1, -0.05) is 37.9 Å². The number of amidine groups is 1. The molecule has 1 unspecified atom stereocenters. The van der Waals surface area contributed by atoms with Gasteiger partial charge in [0.1, 0.15) is 0 Å². The lowest BCUT2D eigenvalue weighted by atomic mass is 9.75. The van der Waals surface area contributed by atoms with E-state index in [1.54, 1.807) is 0 Å². The topological polar surface area (TPSA) is 27.6 Å². The largest absolute Gasteiger partial charge is 0.361 e. The van der Waals surface area contributed by atoms with Crippen LogP contribution in [0, 0.1) is 5.41 Å². The Labute approximate surface area is 128 Å². The minimum absolute atomic E-state index is 0.552. The first kappa shape index (κ1) is 14.7. The molecule has 1 saturated carbocycles. The standard InChI is InChI=1S/C16H29N3S/c1-2-19-10-6-7-14(11-19)18-15-17-12-16(13-20-15)8-4-3-5-9-16/h14H,2-13H2,1H3,(H,17,18). The van der Waals surface area contributed by atoms with Crippen molar-refractivity contribution in [1.82, 2.24) is 10.2 Å². The van der Waals surface area contributed by atoms with Crippen LogP contribution in [0.1, 0.15) is 51.9 Å². The Morgan fingerprint density at radius 3 is 2.85 bits per heavy atom. The van der Waals surface area contributed by atoms with Crippen LogP contribution in [-0.2, 0) is 0 Å². The lowest BCUT2D eigenvalue weighted by molar-refractivity contribution is 0.209. The molecule has 1 saturated heterocycles. The van der Waals surface area contributed by atoms with Gasteiger partial charge in [0, 0.05) is 24.9 Å². The summed E-state index contributed by atoms with van der Waals surface area (Å²) in [5.74, 6) is 1.29. The molecule has 2 aliphatic heterocycles.